The SMILES string of the molecule is CC(NC(N)=O)C(=O)Nc1cc(F)c(F)cc1C(=O)O. The van der Waals surface area contributed by atoms with Gasteiger partial charge in [-0.3, -0.25) is 4.79 Å². The van der Waals surface area contributed by atoms with Crippen LogP contribution in [-0.2, 0) is 4.79 Å². The number of nitrogens with one attached hydrogen (secondary N) is 2. The summed E-state index contributed by atoms with van der Waals surface area (Å²) in [6, 6.07) is -1.06. The molecule has 5 N–H and O–H groups in total. The number of aromatic carboxylic acids is 1. The second kappa shape index (κ2) is 5.95. The van der Waals surface area contributed by atoms with Crippen LogP contribution in [0.5, 0.6) is 0 Å². The van der Waals surface area contributed by atoms with E-state index in [1.165, 1.54) is 6.92 Å². The van der Waals surface area contributed by atoms with Crippen LogP contribution in [0.3, 0.4) is 0 Å². The predicted molar refractivity (Wildman–Crippen MR) is 64.1 cm³/mol. The fourth-order valence-corrected chi connectivity index (χ4v) is 1.35. The van der Waals surface area contributed by atoms with Gasteiger partial charge in [-0.05, 0) is 13.0 Å². The monoisotopic (exact) mass is 287 g/mol. The van der Waals surface area contributed by atoms with Crippen molar-refractivity contribution in [2.45, 2.75) is 13.0 Å². The Morgan fingerprint density at radius 2 is 1.80 bits per heavy atom. The van der Waals surface area contributed by atoms with Crippen molar-refractivity contribution in [1.29, 1.82) is 0 Å². The van der Waals surface area contributed by atoms with E-state index in [0.29, 0.717) is 12.1 Å². The lowest BCUT2D eigenvalue weighted by Crippen LogP contribution is -2.44. The Kier molecular flexibility index (Phi) is 4.57. The van der Waals surface area contributed by atoms with Crippen molar-refractivity contribution >= 4 is 23.6 Å². The van der Waals surface area contributed by atoms with Crippen LogP contribution >= 0.6 is 0 Å². The highest BCUT2D eigenvalue weighted by Gasteiger charge is 2.20. The minimum absolute atomic E-state index is 0.431. The lowest BCUT2D eigenvalue weighted by Gasteiger charge is -2.14. The van der Waals surface area contributed by atoms with Gasteiger partial charge in [-0.25, -0.2) is 18.4 Å². The third kappa shape index (κ3) is 3.64. The number of halogens is 2. The summed E-state index contributed by atoms with van der Waals surface area (Å²) in [5.74, 6) is -5.06. The number of carboxylic acid groups (broad SMARTS) is 1. The molecule has 0 aliphatic heterocycles. The number of carbonyl (C=O) groups excluding carboxylic acids is 2. The molecule has 1 unspecified atom stereocenters. The van der Waals surface area contributed by atoms with Gasteiger partial charge in [0.2, 0.25) is 5.91 Å². The highest BCUT2D eigenvalue weighted by atomic mass is 19.2. The molecule has 0 bridgehead atoms. The molecule has 3 amide bonds. The zero-order valence-electron chi connectivity index (χ0n) is 10.2. The van der Waals surface area contributed by atoms with Gasteiger partial charge in [-0.1, -0.05) is 0 Å². The molecule has 9 heteroatoms. The van der Waals surface area contributed by atoms with Gasteiger partial charge < -0.3 is 21.5 Å². The van der Waals surface area contributed by atoms with E-state index < -0.39 is 46.8 Å². The van der Waals surface area contributed by atoms with Crippen LogP contribution in [0.15, 0.2) is 12.1 Å². The molecular formula is C11H11F2N3O4. The molecule has 1 aromatic rings. The first-order valence-electron chi connectivity index (χ1n) is 5.31. The Morgan fingerprint density at radius 3 is 2.30 bits per heavy atom. The van der Waals surface area contributed by atoms with Gasteiger partial charge in [-0.15, -0.1) is 0 Å². The molecule has 0 aliphatic rings. The summed E-state index contributed by atoms with van der Waals surface area (Å²) in [5, 5.41) is 13.0. The number of hydrogen-bond donors (Lipinski definition) is 4. The molecule has 0 saturated heterocycles. The zero-order chi connectivity index (χ0) is 15.4. The smallest absolute Gasteiger partial charge is 0.337 e. The minimum Gasteiger partial charge on any atom is -0.478 e. The average Bonchev–Trinajstić information content (AvgIpc) is 2.32. The fourth-order valence-electron chi connectivity index (χ4n) is 1.35. The van der Waals surface area contributed by atoms with E-state index in [1.807, 2.05) is 5.32 Å². The molecule has 1 aromatic carbocycles. The fraction of sp³-hybridized carbons (Fsp3) is 0.182. The molecule has 0 aliphatic carbocycles. The third-order valence-corrected chi connectivity index (χ3v) is 2.30. The van der Waals surface area contributed by atoms with Crippen LogP contribution in [0.1, 0.15) is 17.3 Å². The van der Waals surface area contributed by atoms with E-state index in [9.17, 15) is 23.2 Å². The first-order valence-corrected chi connectivity index (χ1v) is 5.31. The van der Waals surface area contributed by atoms with E-state index in [4.69, 9.17) is 10.8 Å². The molecule has 0 radical (unpaired) electrons. The summed E-state index contributed by atoms with van der Waals surface area (Å²) >= 11 is 0. The number of hydrogen-bond acceptors (Lipinski definition) is 3. The normalized spacial score (nSPS) is 11.6. The number of urea groups is 1. The van der Waals surface area contributed by atoms with Crippen molar-refractivity contribution in [3.05, 3.63) is 29.3 Å². The number of amides is 3. The topological polar surface area (TPSA) is 122 Å². The highest BCUT2D eigenvalue weighted by Crippen LogP contribution is 2.20. The number of carboxylic acids is 1. The number of benzene rings is 1. The van der Waals surface area contributed by atoms with E-state index >= 15 is 0 Å². The maximum Gasteiger partial charge on any atom is 0.337 e. The minimum atomic E-state index is -1.55. The summed E-state index contributed by atoms with van der Waals surface area (Å²) in [7, 11) is 0. The lowest BCUT2D eigenvalue weighted by atomic mass is 10.1. The molecule has 0 fully saturated rings. The molecule has 108 valence electrons. The molecule has 0 spiro atoms. The van der Waals surface area contributed by atoms with Crippen LogP contribution in [0.25, 0.3) is 0 Å². The summed E-state index contributed by atoms with van der Waals surface area (Å²) in [6.07, 6.45) is 0. The van der Waals surface area contributed by atoms with Crippen molar-refractivity contribution in [2.24, 2.45) is 5.73 Å². The van der Waals surface area contributed by atoms with E-state index in [-0.39, 0.29) is 0 Å². The van der Waals surface area contributed by atoms with Crippen molar-refractivity contribution in [3.8, 4) is 0 Å². The largest absolute Gasteiger partial charge is 0.478 e. The van der Waals surface area contributed by atoms with Crippen LogP contribution in [0, 0.1) is 11.6 Å². The highest BCUT2D eigenvalue weighted by molar-refractivity contribution is 6.02. The van der Waals surface area contributed by atoms with E-state index in [1.54, 1.807) is 0 Å². The first kappa shape index (κ1) is 15.3. The van der Waals surface area contributed by atoms with Crippen molar-refractivity contribution in [3.63, 3.8) is 0 Å². The van der Waals surface area contributed by atoms with Gasteiger partial charge in [-0.2, -0.15) is 0 Å². The molecule has 0 saturated carbocycles. The average molecular weight is 287 g/mol. The second-order valence-corrected chi connectivity index (χ2v) is 3.84. The Morgan fingerprint density at radius 1 is 1.25 bits per heavy atom. The van der Waals surface area contributed by atoms with Gasteiger partial charge >= 0.3 is 12.0 Å². The number of rotatable bonds is 4. The molecular weight excluding hydrogens is 276 g/mol. The van der Waals surface area contributed by atoms with Crippen LogP contribution in [0.2, 0.25) is 0 Å². The van der Waals surface area contributed by atoms with Gasteiger partial charge in [0.05, 0.1) is 11.3 Å². The van der Waals surface area contributed by atoms with Gasteiger partial charge in [0.1, 0.15) is 6.04 Å². The molecule has 7 nitrogen and oxygen atoms in total. The van der Waals surface area contributed by atoms with Crippen LogP contribution in [-0.4, -0.2) is 29.1 Å². The quantitative estimate of drug-likeness (QED) is 0.649. The lowest BCUT2D eigenvalue weighted by molar-refractivity contribution is -0.117. The van der Waals surface area contributed by atoms with Crippen LogP contribution < -0.4 is 16.4 Å². The third-order valence-electron chi connectivity index (χ3n) is 2.30. The van der Waals surface area contributed by atoms with Gasteiger partial charge in [0, 0.05) is 6.07 Å². The number of carbonyl (C=O) groups is 3. The van der Waals surface area contributed by atoms with E-state index in [2.05, 4.69) is 5.32 Å². The van der Waals surface area contributed by atoms with Crippen LogP contribution in [0.4, 0.5) is 19.3 Å². The van der Waals surface area contributed by atoms with Crippen molar-refractivity contribution < 1.29 is 28.3 Å². The molecule has 1 rings (SSSR count). The maximum absolute atomic E-state index is 13.1. The summed E-state index contributed by atoms with van der Waals surface area (Å²) in [6.45, 7) is 1.28. The van der Waals surface area contributed by atoms with E-state index in [0.717, 1.165) is 0 Å². The molecule has 0 heterocycles. The van der Waals surface area contributed by atoms with Gasteiger partial charge in [0.25, 0.3) is 0 Å². The number of primary amides is 1. The molecule has 0 aromatic heterocycles. The zero-order valence-corrected chi connectivity index (χ0v) is 10.2. The predicted octanol–water partition coefficient (Wildman–Crippen LogP) is 0.658. The maximum atomic E-state index is 13.1. The summed E-state index contributed by atoms with van der Waals surface area (Å²) in [5.41, 5.74) is 3.76. The summed E-state index contributed by atoms with van der Waals surface area (Å²) < 4.78 is 26.0. The second-order valence-electron chi connectivity index (χ2n) is 3.84. The molecule has 20 heavy (non-hydrogen) atoms. The van der Waals surface area contributed by atoms with Crippen molar-refractivity contribution in [1.82, 2.24) is 5.32 Å². The number of nitrogens with two attached hydrogens (primary N) is 1. The summed E-state index contributed by atoms with van der Waals surface area (Å²) in [4.78, 5) is 33.1. The standard InChI is InChI=1S/C11H11F2N3O4/c1-4(15-11(14)20)9(17)16-8-3-7(13)6(12)2-5(8)10(18)19/h2-4H,1H3,(H,16,17)(H,18,19)(H3,14,15,20). The Balaban J connectivity index is 3.02. The van der Waals surface area contributed by atoms with Crippen molar-refractivity contribution in [2.75, 3.05) is 5.32 Å². The Hall–Kier alpha value is -2.71. The Bertz CT molecular complexity index is 577. The van der Waals surface area contributed by atoms with Gasteiger partial charge in [0.15, 0.2) is 11.6 Å². The Labute approximate surface area is 111 Å². The number of anilines is 1. The molecule has 1 atom stereocenters. The first-order chi connectivity index (χ1) is 9.22.